The minimum absolute atomic E-state index is 0.0227. The number of unbranched alkanes of at least 4 members (excludes halogenated alkanes) is 7. The Labute approximate surface area is 309 Å². The topological polar surface area (TPSA) is 108 Å². The highest BCUT2D eigenvalue weighted by Crippen LogP contribution is 2.10. The summed E-state index contributed by atoms with van der Waals surface area (Å²) in [6, 6.07) is 0. The highest BCUT2D eigenvalue weighted by molar-refractivity contribution is 5.72. The molecule has 0 heterocycles. The zero-order valence-electron chi connectivity index (χ0n) is 32.5. The molecule has 0 aromatic rings. The van der Waals surface area contributed by atoms with Crippen molar-refractivity contribution in [3.63, 3.8) is 0 Å². The lowest BCUT2D eigenvalue weighted by atomic mass is 10.1. The molecule has 0 spiro atoms. The van der Waals surface area contributed by atoms with Gasteiger partial charge < -0.3 is 28.5 Å². The molecule has 9 nitrogen and oxygen atoms in total. The predicted octanol–water partition coefficient (Wildman–Crippen LogP) is 9.21. The average molecular weight is 717 g/mol. The predicted molar refractivity (Wildman–Crippen MR) is 207 cm³/mol. The molecule has 0 fully saturated rings. The van der Waals surface area contributed by atoms with Gasteiger partial charge in [-0.2, -0.15) is 0 Å². The number of esters is 2. The molecular formula is C42H70NO8+. The maximum Gasteiger partial charge on any atom is 0.361 e. The normalized spacial score (nSPS) is 13.8. The molecule has 0 aliphatic carbocycles. The maximum absolute atomic E-state index is 12.6. The number of rotatable bonds is 33. The lowest BCUT2D eigenvalue weighted by Gasteiger charge is -2.25. The molecule has 0 aromatic heterocycles. The fraction of sp³-hybridized carbons (Fsp3) is 0.643. The van der Waals surface area contributed by atoms with Crippen LogP contribution in [0.3, 0.4) is 0 Å². The Hall–Kier alpha value is -3.27. The first-order chi connectivity index (χ1) is 24.6. The second-order valence-electron chi connectivity index (χ2n) is 13.5. The third kappa shape index (κ3) is 34.9. The van der Waals surface area contributed by atoms with E-state index in [1.54, 1.807) is 6.08 Å². The molecule has 1 N–H and O–H groups in total. The van der Waals surface area contributed by atoms with Gasteiger partial charge in [0.2, 0.25) is 0 Å². The Bertz CT molecular complexity index is 1070. The lowest BCUT2D eigenvalue weighted by Crippen LogP contribution is -2.40. The van der Waals surface area contributed by atoms with Crippen molar-refractivity contribution in [3.05, 3.63) is 72.9 Å². The molecule has 0 radical (unpaired) electrons. The van der Waals surface area contributed by atoms with Gasteiger partial charge in [0.25, 0.3) is 6.29 Å². The molecule has 0 aliphatic heterocycles. The average Bonchev–Trinajstić information content (AvgIpc) is 3.08. The van der Waals surface area contributed by atoms with Gasteiger partial charge in [-0.05, 0) is 57.8 Å². The molecule has 290 valence electrons. The van der Waals surface area contributed by atoms with Crippen LogP contribution < -0.4 is 0 Å². The van der Waals surface area contributed by atoms with E-state index >= 15 is 0 Å². The molecule has 2 unspecified atom stereocenters. The third-order valence-electron chi connectivity index (χ3n) is 7.48. The van der Waals surface area contributed by atoms with Crippen molar-refractivity contribution in [2.24, 2.45) is 0 Å². The Morgan fingerprint density at radius 3 is 1.75 bits per heavy atom. The van der Waals surface area contributed by atoms with Crippen molar-refractivity contribution in [1.82, 2.24) is 0 Å². The molecule has 9 heteroatoms. The summed E-state index contributed by atoms with van der Waals surface area (Å²) in [6.45, 7) is 4.54. The summed E-state index contributed by atoms with van der Waals surface area (Å²) in [5, 5.41) is 9.58. The Morgan fingerprint density at radius 1 is 0.627 bits per heavy atom. The van der Waals surface area contributed by atoms with Gasteiger partial charge in [-0.1, -0.05) is 119 Å². The number of hydrogen-bond acceptors (Lipinski definition) is 7. The van der Waals surface area contributed by atoms with E-state index in [0.717, 1.165) is 70.6 Å². The summed E-state index contributed by atoms with van der Waals surface area (Å²) >= 11 is 0. The van der Waals surface area contributed by atoms with E-state index in [-0.39, 0.29) is 38.6 Å². The summed E-state index contributed by atoms with van der Waals surface area (Å²) in [7, 11) is 5.90. The highest BCUT2D eigenvalue weighted by atomic mass is 16.7. The van der Waals surface area contributed by atoms with E-state index in [4.69, 9.17) is 18.9 Å². The number of hydrogen-bond donors (Lipinski definition) is 1. The van der Waals surface area contributed by atoms with Crippen molar-refractivity contribution in [2.45, 2.75) is 129 Å². The number of ether oxygens (including phenoxy) is 4. The molecule has 0 aliphatic rings. The molecule has 0 aromatic carbocycles. The van der Waals surface area contributed by atoms with Gasteiger partial charge in [-0.3, -0.25) is 9.59 Å². The first-order valence-electron chi connectivity index (χ1n) is 19.1. The summed E-state index contributed by atoms with van der Waals surface area (Å²) in [5.41, 5.74) is 0. The lowest BCUT2D eigenvalue weighted by molar-refractivity contribution is -0.870. The van der Waals surface area contributed by atoms with Gasteiger partial charge in [0, 0.05) is 6.42 Å². The van der Waals surface area contributed by atoms with Gasteiger partial charge in [-0.25, -0.2) is 4.79 Å². The van der Waals surface area contributed by atoms with Gasteiger partial charge in [0.15, 0.2) is 6.10 Å². The number of carbonyl (C=O) groups is 3. The van der Waals surface area contributed by atoms with E-state index in [2.05, 4.69) is 68.5 Å². The zero-order valence-corrected chi connectivity index (χ0v) is 32.5. The van der Waals surface area contributed by atoms with Crippen molar-refractivity contribution in [3.8, 4) is 0 Å². The molecule has 0 bridgehead atoms. The minimum Gasteiger partial charge on any atom is -0.477 e. The van der Waals surface area contributed by atoms with Gasteiger partial charge >= 0.3 is 17.9 Å². The van der Waals surface area contributed by atoms with Crippen molar-refractivity contribution >= 4 is 17.9 Å². The molecule has 51 heavy (non-hydrogen) atoms. The highest BCUT2D eigenvalue weighted by Gasteiger charge is 2.24. The van der Waals surface area contributed by atoms with Crippen LogP contribution in [0.15, 0.2) is 72.9 Å². The van der Waals surface area contributed by atoms with Crippen LogP contribution in [0.1, 0.15) is 117 Å². The zero-order chi connectivity index (χ0) is 37.8. The molecule has 0 saturated carbocycles. The van der Waals surface area contributed by atoms with E-state index < -0.39 is 24.3 Å². The first kappa shape index (κ1) is 47.7. The van der Waals surface area contributed by atoms with Crippen molar-refractivity contribution in [2.75, 3.05) is 47.5 Å². The Kier molecular flexibility index (Phi) is 31.7. The number of allylic oxidation sites excluding steroid dienone is 11. The van der Waals surface area contributed by atoms with E-state index in [1.165, 1.54) is 12.8 Å². The number of likely N-dealkylation sites (N-methyl/N-ethyl adjacent to an activating group) is 1. The second-order valence-corrected chi connectivity index (χ2v) is 13.5. The number of carboxylic acid groups (broad SMARTS) is 1. The van der Waals surface area contributed by atoms with Gasteiger partial charge in [0.05, 0.1) is 40.8 Å². The summed E-state index contributed by atoms with van der Waals surface area (Å²) in [4.78, 5) is 36.8. The Morgan fingerprint density at radius 2 is 1.18 bits per heavy atom. The molecule has 2 atom stereocenters. The second kappa shape index (κ2) is 33.9. The fourth-order valence-electron chi connectivity index (χ4n) is 4.48. The Balaban J connectivity index is 4.73. The van der Waals surface area contributed by atoms with Crippen LogP contribution in [0.5, 0.6) is 0 Å². The summed E-state index contributed by atoms with van der Waals surface area (Å²) in [5.74, 6) is -2.20. The van der Waals surface area contributed by atoms with Crippen LogP contribution in [0, 0.1) is 0 Å². The number of carbonyl (C=O) groups excluding carboxylic acids is 2. The van der Waals surface area contributed by atoms with Crippen LogP contribution in [0.4, 0.5) is 0 Å². The summed E-state index contributed by atoms with van der Waals surface area (Å²) in [6.07, 6.45) is 37.1. The van der Waals surface area contributed by atoms with Gasteiger partial charge in [0.1, 0.15) is 13.2 Å². The van der Waals surface area contributed by atoms with Crippen molar-refractivity contribution < 1.29 is 42.9 Å². The molecule has 0 rings (SSSR count). The molecule has 0 amide bonds. The third-order valence-corrected chi connectivity index (χ3v) is 7.48. The smallest absolute Gasteiger partial charge is 0.361 e. The SMILES string of the molecule is CC/C=C\C/C=C\C/C=C\C/C=C\C/C=C\CC(=O)OC(COC(=O)CCCCCCC/C=C\CCCC)COC(OCC[N+](C)(C)C)C(=O)O. The number of quaternary nitrogens is 1. The van der Waals surface area contributed by atoms with E-state index in [9.17, 15) is 19.5 Å². The quantitative estimate of drug-likeness (QED) is 0.0236. The van der Waals surface area contributed by atoms with E-state index in [0.29, 0.717) is 17.4 Å². The van der Waals surface area contributed by atoms with E-state index in [1.807, 2.05) is 33.3 Å². The largest absolute Gasteiger partial charge is 0.477 e. The van der Waals surface area contributed by atoms with Crippen LogP contribution in [-0.4, -0.2) is 87.4 Å². The van der Waals surface area contributed by atoms with Crippen LogP contribution in [-0.2, 0) is 33.3 Å². The molecule has 0 saturated heterocycles. The standard InChI is InChI=1S/C42H69NO8/c1-6-8-10-12-14-16-18-19-20-21-23-25-27-29-31-33-40(45)51-38(37-50-42(41(46)47)48-35-34-43(3,4)5)36-49-39(44)32-30-28-26-24-22-17-15-13-11-9-7-2/h8,10,13-16,19-20,23,25,29,31,38,42H,6-7,9,11-12,17-18,21-22,24,26-28,30,32-37H2,1-5H3/p+1/b10-8-,15-13-,16-14-,20-19-,25-23-,31-29-. The number of nitrogens with zero attached hydrogens (tertiary/aromatic N) is 1. The number of carboxylic acids is 1. The summed E-state index contributed by atoms with van der Waals surface area (Å²) < 4.78 is 22.4. The van der Waals surface area contributed by atoms with Crippen LogP contribution >= 0.6 is 0 Å². The van der Waals surface area contributed by atoms with Crippen molar-refractivity contribution in [1.29, 1.82) is 0 Å². The van der Waals surface area contributed by atoms with Gasteiger partial charge in [-0.15, -0.1) is 0 Å². The van der Waals surface area contributed by atoms with Crippen LogP contribution in [0.25, 0.3) is 0 Å². The maximum atomic E-state index is 12.6. The van der Waals surface area contributed by atoms with Crippen LogP contribution in [0.2, 0.25) is 0 Å². The molecular weight excluding hydrogens is 646 g/mol. The minimum atomic E-state index is -1.54. The first-order valence-corrected chi connectivity index (χ1v) is 19.1. The monoisotopic (exact) mass is 717 g/mol. The fourth-order valence-corrected chi connectivity index (χ4v) is 4.48. The number of aliphatic carboxylic acids is 1.